The van der Waals surface area contributed by atoms with Crippen LogP contribution in [-0.2, 0) is 16.0 Å². The first-order chi connectivity index (χ1) is 9.99. The SMILES string of the molecule is C=CCN(C)c1ccc([N+](=O)[O-])cc1CCOC(=O)C=C. The number of nitro groups is 1. The molecule has 0 aliphatic carbocycles. The summed E-state index contributed by atoms with van der Waals surface area (Å²) < 4.78 is 4.92. The van der Waals surface area contributed by atoms with Gasteiger partial charge in [0.15, 0.2) is 0 Å². The van der Waals surface area contributed by atoms with Crippen molar-refractivity contribution in [1.82, 2.24) is 0 Å². The summed E-state index contributed by atoms with van der Waals surface area (Å²) in [6.45, 7) is 7.73. The third kappa shape index (κ3) is 4.76. The van der Waals surface area contributed by atoms with Crippen molar-refractivity contribution in [2.75, 3.05) is 25.1 Å². The average molecular weight is 290 g/mol. The van der Waals surface area contributed by atoms with Gasteiger partial charge in [-0.3, -0.25) is 10.1 Å². The minimum atomic E-state index is -0.513. The normalized spacial score (nSPS) is 9.76. The van der Waals surface area contributed by atoms with E-state index in [0.29, 0.717) is 13.0 Å². The first-order valence-corrected chi connectivity index (χ1v) is 6.38. The number of esters is 1. The van der Waals surface area contributed by atoms with E-state index in [2.05, 4.69) is 13.2 Å². The Morgan fingerprint density at radius 3 is 2.76 bits per heavy atom. The van der Waals surface area contributed by atoms with E-state index in [1.54, 1.807) is 12.1 Å². The molecule has 0 radical (unpaired) electrons. The lowest BCUT2D eigenvalue weighted by molar-refractivity contribution is -0.384. The fourth-order valence-electron chi connectivity index (χ4n) is 1.87. The zero-order valence-corrected chi connectivity index (χ0v) is 11.9. The Labute approximate surface area is 123 Å². The minimum Gasteiger partial charge on any atom is -0.462 e. The fraction of sp³-hybridized carbons (Fsp3) is 0.267. The highest BCUT2D eigenvalue weighted by Crippen LogP contribution is 2.25. The average Bonchev–Trinajstić information content (AvgIpc) is 2.47. The molecule has 6 heteroatoms. The standard InChI is InChI=1S/C15H18N2O4/c1-4-9-16(3)14-7-6-13(17(19)20)11-12(14)8-10-21-15(18)5-2/h4-7,11H,1-2,8-10H2,3H3. The first kappa shape index (κ1) is 16.4. The van der Waals surface area contributed by atoms with E-state index in [-0.39, 0.29) is 12.3 Å². The smallest absolute Gasteiger partial charge is 0.330 e. The van der Waals surface area contributed by atoms with Gasteiger partial charge in [0, 0.05) is 43.9 Å². The highest BCUT2D eigenvalue weighted by molar-refractivity contribution is 5.81. The molecule has 21 heavy (non-hydrogen) atoms. The molecule has 0 saturated heterocycles. The predicted molar refractivity (Wildman–Crippen MR) is 81.4 cm³/mol. The van der Waals surface area contributed by atoms with Gasteiger partial charge in [0.05, 0.1) is 11.5 Å². The van der Waals surface area contributed by atoms with Crippen molar-refractivity contribution in [1.29, 1.82) is 0 Å². The van der Waals surface area contributed by atoms with Crippen molar-refractivity contribution >= 4 is 17.3 Å². The lowest BCUT2D eigenvalue weighted by Crippen LogP contribution is -2.19. The Balaban J connectivity index is 2.96. The highest BCUT2D eigenvalue weighted by Gasteiger charge is 2.13. The zero-order valence-electron chi connectivity index (χ0n) is 11.9. The third-order valence-electron chi connectivity index (χ3n) is 2.87. The maximum absolute atomic E-state index is 11.0. The van der Waals surface area contributed by atoms with Crippen LogP contribution >= 0.6 is 0 Å². The second kappa shape index (κ2) is 7.84. The molecule has 0 N–H and O–H groups in total. The molecule has 0 fully saturated rings. The molecule has 0 saturated carbocycles. The summed E-state index contributed by atoms with van der Waals surface area (Å²) in [5, 5.41) is 10.9. The Hall–Kier alpha value is -2.63. The molecular formula is C15H18N2O4. The van der Waals surface area contributed by atoms with Crippen molar-refractivity contribution in [3.63, 3.8) is 0 Å². The summed E-state index contributed by atoms with van der Waals surface area (Å²) in [4.78, 5) is 23.4. The van der Waals surface area contributed by atoms with Crippen LogP contribution in [0, 0.1) is 10.1 Å². The Kier molecular flexibility index (Phi) is 6.13. The Morgan fingerprint density at radius 2 is 2.19 bits per heavy atom. The van der Waals surface area contributed by atoms with E-state index in [0.717, 1.165) is 17.3 Å². The predicted octanol–water partition coefficient (Wildman–Crippen LogP) is 2.49. The van der Waals surface area contributed by atoms with E-state index < -0.39 is 10.9 Å². The Bertz CT molecular complexity index is 555. The van der Waals surface area contributed by atoms with Crippen LogP contribution in [0.25, 0.3) is 0 Å². The molecule has 0 amide bonds. The van der Waals surface area contributed by atoms with Crippen LogP contribution in [-0.4, -0.2) is 31.1 Å². The number of hydrogen-bond acceptors (Lipinski definition) is 5. The van der Waals surface area contributed by atoms with E-state index in [9.17, 15) is 14.9 Å². The van der Waals surface area contributed by atoms with Gasteiger partial charge in [0.25, 0.3) is 5.69 Å². The van der Waals surface area contributed by atoms with Gasteiger partial charge >= 0.3 is 5.97 Å². The van der Waals surface area contributed by atoms with Crippen LogP contribution in [0.1, 0.15) is 5.56 Å². The van der Waals surface area contributed by atoms with Crippen LogP contribution in [0.15, 0.2) is 43.5 Å². The number of anilines is 1. The van der Waals surface area contributed by atoms with Crippen LogP contribution in [0.3, 0.4) is 0 Å². The van der Waals surface area contributed by atoms with Crippen molar-refractivity contribution in [3.05, 3.63) is 59.2 Å². The fourth-order valence-corrected chi connectivity index (χ4v) is 1.87. The van der Waals surface area contributed by atoms with Crippen molar-refractivity contribution < 1.29 is 14.5 Å². The van der Waals surface area contributed by atoms with Gasteiger partial charge in [-0.25, -0.2) is 4.79 Å². The van der Waals surface area contributed by atoms with Crippen molar-refractivity contribution in [2.45, 2.75) is 6.42 Å². The van der Waals surface area contributed by atoms with Gasteiger partial charge in [0.2, 0.25) is 0 Å². The maximum Gasteiger partial charge on any atom is 0.330 e. The zero-order chi connectivity index (χ0) is 15.8. The van der Waals surface area contributed by atoms with Crippen LogP contribution in [0.4, 0.5) is 11.4 Å². The number of likely N-dealkylation sites (N-methyl/N-ethyl adjacent to an activating group) is 1. The molecule has 0 aliphatic heterocycles. The van der Waals surface area contributed by atoms with Gasteiger partial charge in [0.1, 0.15) is 0 Å². The van der Waals surface area contributed by atoms with E-state index >= 15 is 0 Å². The first-order valence-electron chi connectivity index (χ1n) is 6.38. The lowest BCUT2D eigenvalue weighted by atomic mass is 10.1. The molecule has 0 spiro atoms. The number of ether oxygens (including phenoxy) is 1. The van der Waals surface area contributed by atoms with Crippen molar-refractivity contribution in [3.8, 4) is 0 Å². The largest absolute Gasteiger partial charge is 0.462 e. The van der Waals surface area contributed by atoms with E-state index in [1.165, 1.54) is 12.1 Å². The van der Waals surface area contributed by atoms with Crippen LogP contribution < -0.4 is 4.90 Å². The van der Waals surface area contributed by atoms with Gasteiger partial charge in [-0.15, -0.1) is 6.58 Å². The molecule has 0 unspecified atom stereocenters. The molecular weight excluding hydrogens is 272 g/mol. The summed E-state index contributed by atoms with van der Waals surface area (Å²) in [5.41, 5.74) is 1.59. The molecule has 0 bridgehead atoms. The minimum absolute atomic E-state index is 0.0100. The molecule has 0 aliphatic rings. The molecule has 0 heterocycles. The molecule has 112 valence electrons. The summed E-state index contributed by atoms with van der Waals surface area (Å²) in [5.74, 6) is -0.513. The monoisotopic (exact) mass is 290 g/mol. The van der Waals surface area contributed by atoms with Gasteiger partial charge < -0.3 is 9.64 Å². The quantitative estimate of drug-likeness (QED) is 0.242. The summed E-state index contributed by atoms with van der Waals surface area (Å²) in [6, 6.07) is 4.64. The van der Waals surface area contributed by atoms with Gasteiger partial charge in [-0.05, 0) is 11.6 Å². The summed E-state index contributed by atoms with van der Waals surface area (Å²) >= 11 is 0. The molecule has 0 aromatic heterocycles. The maximum atomic E-state index is 11.0. The summed E-state index contributed by atoms with van der Waals surface area (Å²) in [6.07, 6.45) is 3.21. The lowest BCUT2D eigenvalue weighted by Gasteiger charge is -2.20. The number of non-ortho nitro benzene ring substituents is 1. The topological polar surface area (TPSA) is 72.7 Å². The van der Waals surface area contributed by atoms with Gasteiger partial charge in [-0.2, -0.15) is 0 Å². The van der Waals surface area contributed by atoms with Crippen molar-refractivity contribution in [2.24, 2.45) is 0 Å². The number of benzene rings is 1. The van der Waals surface area contributed by atoms with Crippen LogP contribution in [0.5, 0.6) is 0 Å². The number of hydrogen-bond donors (Lipinski definition) is 0. The highest BCUT2D eigenvalue weighted by atomic mass is 16.6. The molecule has 6 nitrogen and oxygen atoms in total. The van der Waals surface area contributed by atoms with E-state index in [4.69, 9.17) is 4.74 Å². The Morgan fingerprint density at radius 1 is 1.48 bits per heavy atom. The second-order valence-corrected chi connectivity index (χ2v) is 4.36. The molecule has 0 atom stereocenters. The molecule has 1 aromatic rings. The third-order valence-corrected chi connectivity index (χ3v) is 2.87. The van der Waals surface area contributed by atoms with E-state index in [1.807, 2.05) is 11.9 Å². The number of carbonyl (C=O) groups excluding carboxylic acids is 1. The second-order valence-electron chi connectivity index (χ2n) is 4.36. The number of carbonyl (C=O) groups is 1. The number of nitrogens with zero attached hydrogens (tertiary/aromatic N) is 2. The van der Waals surface area contributed by atoms with Crippen LogP contribution in [0.2, 0.25) is 0 Å². The summed E-state index contributed by atoms with van der Waals surface area (Å²) in [7, 11) is 1.86. The molecule has 1 rings (SSSR count). The van der Waals surface area contributed by atoms with Gasteiger partial charge in [-0.1, -0.05) is 12.7 Å². The molecule has 1 aromatic carbocycles. The number of rotatable bonds is 8. The number of nitro benzene ring substituents is 1.